The first-order valence-corrected chi connectivity index (χ1v) is 9.53. The van der Waals surface area contributed by atoms with Crippen molar-refractivity contribution in [2.75, 3.05) is 20.1 Å². The van der Waals surface area contributed by atoms with Gasteiger partial charge in [-0.1, -0.05) is 41.9 Å². The molecule has 4 nitrogen and oxygen atoms in total. The number of nitrogens with zero attached hydrogens (tertiary/aromatic N) is 2. The molecule has 5 heteroatoms. The highest BCUT2D eigenvalue weighted by Gasteiger charge is 2.14. The first-order valence-electron chi connectivity index (χ1n) is 8.74. The Morgan fingerprint density at radius 3 is 2.04 bits per heavy atom. The molecule has 0 atom stereocenters. The van der Waals surface area contributed by atoms with Crippen molar-refractivity contribution in [2.45, 2.75) is 52.5 Å². The second-order valence-corrected chi connectivity index (χ2v) is 7.03. The van der Waals surface area contributed by atoms with Crippen LogP contribution in [0.5, 0.6) is 0 Å². The molecule has 0 N–H and O–H groups in total. The second-order valence-electron chi connectivity index (χ2n) is 6.11. The SMILES string of the molecule is CCCN(CCC)C(=O)CCCC(=O)N(C)Cc1ccc(Br)cc1. The van der Waals surface area contributed by atoms with Crippen LogP contribution in [0, 0.1) is 0 Å². The van der Waals surface area contributed by atoms with E-state index in [1.807, 2.05) is 36.2 Å². The molecule has 134 valence electrons. The van der Waals surface area contributed by atoms with E-state index >= 15 is 0 Å². The highest BCUT2D eigenvalue weighted by atomic mass is 79.9. The van der Waals surface area contributed by atoms with E-state index in [0.717, 1.165) is 36.0 Å². The molecule has 1 rings (SSSR count). The van der Waals surface area contributed by atoms with Crippen molar-refractivity contribution in [3.05, 3.63) is 34.3 Å². The lowest BCUT2D eigenvalue weighted by molar-refractivity contribution is -0.132. The number of amides is 2. The van der Waals surface area contributed by atoms with Gasteiger partial charge >= 0.3 is 0 Å². The molecule has 0 saturated carbocycles. The first-order chi connectivity index (χ1) is 11.5. The fraction of sp³-hybridized carbons (Fsp3) is 0.579. The highest BCUT2D eigenvalue weighted by Crippen LogP contribution is 2.13. The van der Waals surface area contributed by atoms with Gasteiger partial charge in [-0.25, -0.2) is 0 Å². The molecule has 1 aromatic carbocycles. The van der Waals surface area contributed by atoms with Crippen molar-refractivity contribution in [3.8, 4) is 0 Å². The minimum Gasteiger partial charge on any atom is -0.343 e. The highest BCUT2D eigenvalue weighted by molar-refractivity contribution is 9.10. The van der Waals surface area contributed by atoms with E-state index in [2.05, 4.69) is 29.8 Å². The number of hydrogen-bond acceptors (Lipinski definition) is 2. The van der Waals surface area contributed by atoms with Crippen molar-refractivity contribution in [2.24, 2.45) is 0 Å². The lowest BCUT2D eigenvalue weighted by atomic mass is 10.1. The third kappa shape index (κ3) is 7.47. The van der Waals surface area contributed by atoms with E-state index < -0.39 is 0 Å². The molecule has 24 heavy (non-hydrogen) atoms. The zero-order chi connectivity index (χ0) is 17.9. The van der Waals surface area contributed by atoms with Gasteiger partial charge in [-0.3, -0.25) is 9.59 Å². The fourth-order valence-corrected chi connectivity index (χ4v) is 2.86. The van der Waals surface area contributed by atoms with Crippen LogP contribution < -0.4 is 0 Å². The van der Waals surface area contributed by atoms with Gasteiger partial charge in [-0.15, -0.1) is 0 Å². The molecule has 0 aliphatic rings. The Morgan fingerprint density at radius 2 is 1.50 bits per heavy atom. The van der Waals surface area contributed by atoms with Gasteiger partial charge in [0.2, 0.25) is 11.8 Å². The zero-order valence-electron chi connectivity index (χ0n) is 15.1. The maximum absolute atomic E-state index is 12.2. The number of carbonyl (C=O) groups excluding carboxylic acids is 2. The Balaban J connectivity index is 2.36. The molecule has 0 aliphatic carbocycles. The normalized spacial score (nSPS) is 10.5. The third-order valence-electron chi connectivity index (χ3n) is 3.88. The summed E-state index contributed by atoms with van der Waals surface area (Å²) in [5.74, 6) is 0.255. The molecule has 0 aliphatic heterocycles. The van der Waals surface area contributed by atoms with E-state index in [-0.39, 0.29) is 11.8 Å². The maximum atomic E-state index is 12.2. The van der Waals surface area contributed by atoms with E-state index in [4.69, 9.17) is 0 Å². The monoisotopic (exact) mass is 396 g/mol. The number of carbonyl (C=O) groups is 2. The van der Waals surface area contributed by atoms with Crippen molar-refractivity contribution >= 4 is 27.7 Å². The Kier molecular flexibility index (Phi) is 9.69. The van der Waals surface area contributed by atoms with Gasteiger partial charge in [0, 0.05) is 44.0 Å². The molecule has 0 heterocycles. The molecule has 0 saturated heterocycles. The number of rotatable bonds is 10. The van der Waals surface area contributed by atoms with E-state index in [9.17, 15) is 9.59 Å². The van der Waals surface area contributed by atoms with Crippen LogP contribution in [-0.2, 0) is 16.1 Å². The third-order valence-corrected chi connectivity index (χ3v) is 4.41. The Morgan fingerprint density at radius 1 is 0.958 bits per heavy atom. The quantitative estimate of drug-likeness (QED) is 0.593. The average Bonchev–Trinajstić information content (AvgIpc) is 2.56. The summed E-state index contributed by atoms with van der Waals surface area (Å²) in [5.41, 5.74) is 1.10. The summed E-state index contributed by atoms with van der Waals surface area (Å²) in [5, 5.41) is 0. The van der Waals surface area contributed by atoms with Gasteiger partial charge in [0.25, 0.3) is 0 Å². The van der Waals surface area contributed by atoms with Crippen molar-refractivity contribution < 1.29 is 9.59 Å². The van der Waals surface area contributed by atoms with Crippen LogP contribution in [0.1, 0.15) is 51.5 Å². The molecule has 0 fully saturated rings. The minimum absolute atomic E-state index is 0.0863. The van der Waals surface area contributed by atoms with Crippen molar-refractivity contribution in [1.29, 1.82) is 0 Å². The van der Waals surface area contributed by atoms with Gasteiger partial charge < -0.3 is 9.80 Å². The van der Waals surface area contributed by atoms with Crippen LogP contribution in [0.3, 0.4) is 0 Å². The summed E-state index contributed by atoms with van der Waals surface area (Å²) >= 11 is 3.41. The zero-order valence-corrected chi connectivity index (χ0v) is 16.6. The van der Waals surface area contributed by atoms with Crippen LogP contribution in [0.4, 0.5) is 0 Å². The average molecular weight is 397 g/mol. The molecule has 0 unspecified atom stereocenters. The van der Waals surface area contributed by atoms with E-state index in [1.54, 1.807) is 4.90 Å². The predicted molar refractivity (Wildman–Crippen MR) is 102 cm³/mol. The molecular formula is C19H29BrN2O2. The van der Waals surface area contributed by atoms with Crippen LogP contribution in [-0.4, -0.2) is 41.8 Å². The van der Waals surface area contributed by atoms with E-state index in [0.29, 0.717) is 25.8 Å². The second kappa shape index (κ2) is 11.2. The fourth-order valence-electron chi connectivity index (χ4n) is 2.59. The van der Waals surface area contributed by atoms with Gasteiger partial charge in [-0.05, 0) is 37.0 Å². The molecule has 2 amide bonds. The van der Waals surface area contributed by atoms with Crippen LogP contribution in [0.2, 0.25) is 0 Å². The van der Waals surface area contributed by atoms with Gasteiger partial charge in [0.15, 0.2) is 0 Å². The lowest BCUT2D eigenvalue weighted by Gasteiger charge is -2.22. The smallest absolute Gasteiger partial charge is 0.222 e. The van der Waals surface area contributed by atoms with Gasteiger partial charge in [0.05, 0.1) is 0 Å². The summed E-state index contributed by atoms with van der Waals surface area (Å²) in [7, 11) is 1.81. The van der Waals surface area contributed by atoms with Crippen molar-refractivity contribution in [1.82, 2.24) is 9.80 Å². The molecule has 0 bridgehead atoms. The Hall–Kier alpha value is -1.36. The number of halogens is 1. The summed E-state index contributed by atoms with van der Waals surface area (Å²) in [6.07, 6.45) is 3.44. The number of benzene rings is 1. The molecule has 0 radical (unpaired) electrons. The summed E-state index contributed by atoms with van der Waals surface area (Å²) in [6.45, 7) is 6.37. The number of hydrogen-bond donors (Lipinski definition) is 0. The van der Waals surface area contributed by atoms with Gasteiger partial charge in [-0.2, -0.15) is 0 Å². The summed E-state index contributed by atoms with van der Waals surface area (Å²) in [4.78, 5) is 28.0. The van der Waals surface area contributed by atoms with Crippen LogP contribution in [0.25, 0.3) is 0 Å². The topological polar surface area (TPSA) is 40.6 Å². The molecular weight excluding hydrogens is 368 g/mol. The van der Waals surface area contributed by atoms with Gasteiger partial charge in [0.1, 0.15) is 0 Å². The lowest BCUT2D eigenvalue weighted by Crippen LogP contribution is -2.32. The minimum atomic E-state index is 0.0863. The molecule has 1 aromatic rings. The Labute approximate surface area is 154 Å². The summed E-state index contributed by atoms with van der Waals surface area (Å²) < 4.78 is 1.03. The predicted octanol–water partition coefficient (Wildman–Crippen LogP) is 4.23. The molecule has 0 spiro atoms. The van der Waals surface area contributed by atoms with E-state index in [1.165, 1.54) is 0 Å². The van der Waals surface area contributed by atoms with Crippen LogP contribution >= 0.6 is 15.9 Å². The maximum Gasteiger partial charge on any atom is 0.222 e. The Bertz CT molecular complexity index is 511. The molecule has 0 aromatic heterocycles. The van der Waals surface area contributed by atoms with Crippen LogP contribution in [0.15, 0.2) is 28.7 Å². The standard InChI is InChI=1S/C19H29BrN2O2/c1-4-13-22(14-5-2)19(24)8-6-7-18(23)21(3)15-16-9-11-17(20)12-10-16/h9-12H,4-8,13-15H2,1-3H3. The first kappa shape index (κ1) is 20.7. The largest absolute Gasteiger partial charge is 0.343 e. The van der Waals surface area contributed by atoms with Crippen molar-refractivity contribution in [3.63, 3.8) is 0 Å². The summed E-state index contributed by atoms with van der Waals surface area (Å²) in [6, 6.07) is 7.96.